The lowest BCUT2D eigenvalue weighted by Gasteiger charge is -2.17. The first-order valence-corrected chi connectivity index (χ1v) is 6.97. The van der Waals surface area contributed by atoms with Crippen molar-refractivity contribution < 1.29 is 5.11 Å². The van der Waals surface area contributed by atoms with Crippen molar-refractivity contribution in [1.29, 1.82) is 0 Å². The second-order valence-electron chi connectivity index (χ2n) is 4.69. The van der Waals surface area contributed by atoms with Gasteiger partial charge >= 0.3 is 0 Å². The Morgan fingerprint density at radius 1 is 1.00 bits per heavy atom. The molecule has 0 aromatic heterocycles. The van der Waals surface area contributed by atoms with Crippen molar-refractivity contribution in [3.8, 4) is 0 Å². The fraction of sp³-hybridized carbons (Fsp3) is 0.250. The Labute approximate surface area is 123 Å². The molecule has 0 saturated carbocycles. The number of aliphatic hydroxyl groups is 1. The molecule has 0 heterocycles. The van der Waals surface area contributed by atoms with E-state index in [9.17, 15) is 5.11 Å². The van der Waals surface area contributed by atoms with Gasteiger partial charge in [0.15, 0.2) is 0 Å². The van der Waals surface area contributed by atoms with Crippen LogP contribution in [-0.2, 0) is 6.42 Å². The molecule has 0 amide bonds. The van der Waals surface area contributed by atoms with E-state index < -0.39 is 0 Å². The van der Waals surface area contributed by atoms with E-state index in [1.807, 2.05) is 49.4 Å². The zero-order valence-electron chi connectivity index (χ0n) is 10.7. The Kier molecular flexibility index (Phi) is 4.87. The maximum absolute atomic E-state index is 9.61. The van der Waals surface area contributed by atoms with E-state index in [1.165, 1.54) is 5.56 Å². The summed E-state index contributed by atoms with van der Waals surface area (Å²) in [4.78, 5) is 0. The van der Waals surface area contributed by atoms with Gasteiger partial charge in [0.25, 0.3) is 0 Å². The summed E-state index contributed by atoms with van der Waals surface area (Å²) in [7, 11) is 0. The van der Waals surface area contributed by atoms with Gasteiger partial charge in [-0.2, -0.15) is 0 Å². The summed E-state index contributed by atoms with van der Waals surface area (Å²) in [5, 5.41) is 10.9. The second kappa shape index (κ2) is 6.42. The number of rotatable bonds is 4. The van der Waals surface area contributed by atoms with Gasteiger partial charge < -0.3 is 5.11 Å². The summed E-state index contributed by atoms with van der Waals surface area (Å²) in [6, 6.07) is 13.7. The highest BCUT2D eigenvalue weighted by Gasteiger charge is 2.15. The number of aliphatic hydroxyl groups excluding tert-OH is 1. The first kappa shape index (κ1) is 14.4. The normalized spacial score (nSPS) is 12.4. The van der Waals surface area contributed by atoms with Crippen LogP contribution < -0.4 is 0 Å². The molecule has 0 aliphatic rings. The van der Waals surface area contributed by atoms with E-state index in [0.29, 0.717) is 16.5 Å². The molecular formula is C16H16Cl2O. The molecule has 1 atom stereocenters. The van der Waals surface area contributed by atoms with Crippen LogP contribution in [0.15, 0.2) is 42.5 Å². The minimum absolute atomic E-state index is 0.0120. The molecule has 0 aliphatic carbocycles. The van der Waals surface area contributed by atoms with Crippen LogP contribution in [0.4, 0.5) is 0 Å². The van der Waals surface area contributed by atoms with Crippen molar-refractivity contribution in [2.24, 2.45) is 0 Å². The van der Waals surface area contributed by atoms with Gasteiger partial charge in [-0.1, -0.05) is 59.1 Å². The van der Waals surface area contributed by atoms with Gasteiger partial charge in [0.05, 0.1) is 6.61 Å². The van der Waals surface area contributed by atoms with Crippen molar-refractivity contribution in [1.82, 2.24) is 0 Å². The highest BCUT2D eigenvalue weighted by atomic mass is 35.5. The van der Waals surface area contributed by atoms with E-state index >= 15 is 0 Å². The molecule has 1 nitrogen and oxygen atoms in total. The van der Waals surface area contributed by atoms with Crippen molar-refractivity contribution in [3.05, 3.63) is 69.2 Å². The van der Waals surface area contributed by atoms with E-state index in [2.05, 4.69) is 0 Å². The third-order valence-electron chi connectivity index (χ3n) is 3.28. The van der Waals surface area contributed by atoms with Gasteiger partial charge in [0.2, 0.25) is 0 Å². The third-order valence-corrected chi connectivity index (χ3v) is 3.99. The molecule has 19 heavy (non-hydrogen) atoms. The molecular weight excluding hydrogens is 279 g/mol. The number of aryl methyl sites for hydroxylation is 1. The molecule has 0 saturated heterocycles. The fourth-order valence-corrected chi connectivity index (χ4v) is 2.65. The van der Waals surface area contributed by atoms with Crippen molar-refractivity contribution >= 4 is 23.2 Å². The highest BCUT2D eigenvalue weighted by Crippen LogP contribution is 2.30. The Hall–Kier alpha value is -1.02. The van der Waals surface area contributed by atoms with Crippen LogP contribution in [0.3, 0.4) is 0 Å². The molecule has 3 heteroatoms. The number of hydrogen-bond acceptors (Lipinski definition) is 1. The first-order valence-electron chi connectivity index (χ1n) is 6.22. The summed E-state index contributed by atoms with van der Waals surface area (Å²) in [6.07, 6.45) is 0.637. The summed E-state index contributed by atoms with van der Waals surface area (Å²) in [5.74, 6) is 0.0120. The Morgan fingerprint density at radius 3 is 2.11 bits per heavy atom. The molecule has 1 N–H and O–H groups in total. The van der Waals surface area contributed by atoms with Gasteiger partial charge in [-0.05, 0) is 36.6 Å². The topological polar surface area (TPSA) is 20.2 Å². The molecule has 0 radical (unpaired) electrons. The minimum atomic E-state index is 0.0120. The van der Waals surface area contributed by atoms with Crippen molar-refractivity contribution in [2.45, 2.75) is 19.3 Å². The zero-order chi connectivity index (χ0) is 13.8. The molecule has 2 aromatic carbocycles. The molecule has 0 bridgehead atoms. The summed E-state index contributed by atoms with van der Waals surface area (Å²) in [5.41, 5.74) is 3.20. The third kappa shape index (κ3) is 3.50. The quantitative estimate of drug-likeness (QED) is 0.872. The highest BCUT2D eigenvalue weighted by molar-refractivity contribution is 6.36. The molecule has 2 aromatic rings. The smallest absolute Gasteiger partial charge is 0.0502 e. The van der Waals surface area contributed by atoms with Crippen molar-refractivity contribution in [2.75, 3.05) is 6.61 Å². The number of benzene rings is 2. The van der Waals surface area contributed by atoms with E-state index in [0.717, 1.165) is 11.1 Å². The minimum Gasteiger partial charge on any atom is -0.396 e. The van der Waals surface area contributed by atoms with E-state index in [1.54, 1.807) is 0 Å². The SMILES string of the molecule is Cc1ccc(C(CO)Cc2c(Cl)cccc2Cl)cc1. The monoisotopic (exact) mass is 294 g/mol. The molecule has 0 aliphatic heterocycles. The van der Waals surface area contributed by atoms with Crippen LogP contribution in [-0.4, -0.2) is 11.7 Å². The van der Waals surface area contributed by atoms with Crippen LogP contribution in [0.25, 0.3) is 0 Å². The Balaban J connectivity index is 2.26. The first-order chi connectivity index (χ1) is 9.11. The number of hydrogen-bond donors (Lipinski definition) is 1. The lowest BCUT2D eigenvalue weighted by atomic mass is 9.92. The zero-order valence-corrected chi connectivity index (χ0v) is 12.2. The summed E-state index contributed by atoms with van der Waals surface area (Å²) >= 11 is 12.4. The maximum atomic E-state index is 9.61. The van der Waals surface area contributed by atoms with Gasteiger partial charge in [-0.15, -0.1) is 0 Å². The van der Waals surface area contributed by atoms with Crippen LogP contribution in [0.1, 0.15) is 22.6 Å². The van der Waals surface area contributed by atoms with Gasteiger partial charge in [0.1, 0.15) is 0 Å². The molecule has 100 valence electrons. The number of halogens is 2. The fourth-order valence-electron chi connectivity index (χ4n) is 2.10. The van der Waals surface area contributed by atoms with Gasteiger partial charge in [0, 0.05) is 16.0 Å². The second-order valence-corrected chi connectivity index (χ2v) is 5.51. The molecule has 2 rings (SSSR count). The van der Waals surface area contributed by atoms with Gasteiger partial charge in [-0.3, -0.25) is 0 Å². The molecule has 0 fully saturated rings. The average molecular weight is 295 g/mol. The predicted molar refractivity (Wildman–Crippen MR) is 81.2 cm³/mol. The standard InChI is InChI=1S/C16H16Cl2O/c1-11-5-7-12(8-6-11)13(10-19)9-14-15(17)3-2-4-16(14)18/h2-8,13,19H,9-10H2,1H3. The van der Waals surface area contributed by atoms with E-state index in [4.69, 9.17) is 23.2 Å². The largest absolute Gasteiger partial charge is 0.396 e. The van der Waals surface area contributed by atoms with Crippen LogP contribution >= 0.6 is 23.2 Å². The summed E-state index contributed by atoms with van der Waals surface area (Å²) < 4.78 is 0. The molecule has 1 unspecified atom stereocenters. The Morgan fingerprint density at radius 2 is 1.58 bits per heavy atom. The van der Waals surface area contributed by atoms with Crippen LogP contribution in [0, 0.1) is 6.92 Å². The lowest BCUT2D eigenvalue weighted by Crippen LogP contribution is -2.08. The van der Waals surface area contributed by atoms with Gasteiger partial charge in [-0.25, -0.2) is 0 Å². The van der Waals surface area contributed by atoms with E-state index in [-0.39, 0.29) is 12.5 Å². The predicted octanol–water partition coefficient (Wildman–Crippen LogP) is 4.62. The maximum Gasteiger partial charge on any atom is 0.0502 e. The van der Waals surface area contributed by atoms with Crippen LogP contribution in [0.2, 0.25) is 10.0 Å². The summed E-state index contributed by atoms with van der Waals surface area (Å²) in [6.45, 7) is 2.12. The Bertz CT molecular complexity index is 529. The molecule has 0 spiro atoms. The van der Waals surface area contributed by atoms with Crippen LogP contribution in [0.5, 0.6) is 0 Å². The lowest BCUT2D eigenvalue weighted by molar-refractivity contribution is 0.264. The average Bonchev–Trinajstić information content (AvgIpc) is 2.40. The van der Waals surface area contributed by atoms with Crippen molar-refractivity contribution in [3.63, 3.8) is 0 Å².